The van der Waals surface area contributed by atoms with E-state index >= 15 is 0 Å². The topological polar surface area (TPSA) is 78.2 Å². The normalized spacial score (nSPS) is 17.6. The number of nitrogens with zero attached hydrogens (tertiary/aromatic N) is 3. The Morgan fingerprint density at radius 3 is 2.66 bits per heavy atom. The standard InChI is InChI=1S/C22H23F3N4O3/c1-12(14-6-3-7-15(19(14)23)20(24)25)26-21-17-10-29(13-5-4-8-32-11-13)18(30)9-16(17)22(31)28(2)27-21/h3,6-7,9-10,12-13,20H,4-5,8,11H2,1-2H3,(H,26,27)/t12?,13-/m1/s1. The van der Waals surface area contributed by atoms with Crippen molar-refractivity contribution in [2.75, 3.05) is 18.5 Å². The van der Waals surface area contributed by atoms with Crippen LogP contribution in [0.1, 0.15) is 49.4 Å². The second kappa shape index (κ2) is 8.78. The molecule has 3 aromatic rings. The average Bonchev–Trinajstić information content (AvgIpc) is 2.77. The Morgan fingerprint density at radius 2 is 1.97 bits per heavy atom. The summed E-state index contributed by atoms with van der Waals surface area (Å²) >= 11 is 0. The Hall–Kier alpha value is -3.14. The zero-order valence-corrected chi connectivity index (χ0v) is 17.6. The molecule has 0 amide bonds. The van der Waals surface area contributed by atoms with Crippen LogP contribution in [0.15, 0.2) is 40.1 Å². The zero-order chi connectivity index (χ0) is 23.0. The molecule has 1 saturated heterocycles. The van der Waals surface area contributed by atoms with Gasteiger partial charge >= 0.3 is 0 Å². The van der Waals surface area contributed by atoms with Gasteiger partial charge in [-0.05, 0) is 19.8 Å². The summed E-state index contributed by atoms with van der Waals surface area (Å²) in [6.45, 7) is 2.63. The number of ether oxygens (including phenoxy) is 1. The van der Waals surface area contributed by atoms with Crippen LogP contribution in [0.4, 0.5) is 19.0 Å². The van der Waals surface area contributed by atoms with Crippen LogP contribution in [0, 0.1) is 5.82 Å². The molecule has 32 heavy (non-hydrogen) atoms. The average molecular weight is 448 g/mol. The number of anilines is 1. The van der Waals surface area contributed by atoms with Crippen molar-refractivity contribution in [1.82, 2.24) is 14.3 Å². The number of benzene rings is 1. The molecule has 1 aliphatic heterocycles. The molecule has 1 unspecified atom stereocenters. The van der Waals surface area contributed by atoms with E-state index in [1.165, 1.54) is 29.8 Å². The van der Waals surface area contributed by atoms with Gasteiger partial charge in [0.1, 0.15) is 5.82 Å². The monoisotopic (exact) mass is 448 g/mol. The quantitative estimate of drug-likeness (QED) is 0.644. The van der Waals surface area contributed by atoms with Crippen molar-refractivity contribution in [2.45, 2.75) is 38.3 Å². The third kappa shape index (κ3) is 4.02. The molecular formula is C22H23F3N4O3. The van der Waals surface area contributed by atoms with E-state index in [1.54, 1.807) is 13.1 Å². The Kier molecular flexibility index (Phi) is 6.05. The largest absolute Gasteiger partial charge is 0.379 e. The number of nitrogens with one attached hydrogen (secondary N) is 1. The minimum absolute atomic E-state index is 0.0422. The Labute approximate surface area is 181 Å². The molecule has 10 heteroatoms. The van der Waals surface area contributed by atoms with Crippen molar-refractivity contribution < 1.29 is 17.9 Å². The van der Waals surface area contributed by atoms with Crippen molar-refractivity contribution in [2.24, 2.45) is 7.05 Å². The SMILES string of the molecule is CC(Nc1nn(C)c(=O)c2cc(=O)n([C@@H]3CCCOC3)cc12)c1cccc(C(F)F)c1F. The molecule has 0 saturated carbocycles. The number of hydrogen-bond acceptors (Lipinski definition) is 5. The summed E-state index contributed by atoms with van der Waals surface area (Å²) in [5.41, 5.74) is -1.42. The highest BCUT2D eigenvalue weighted by Crippen LogP contribution is 2.30. The number of halogens is 3. The first-order valence-corrected chi connectivity index (χ1v) is 10.3. The third-order valence-electron chi connectivity index (χ3n) is 5.75. The lowest BCUT2D eigenvalue weighted by Crippen LogP contribution is -2.31. The van der Waals surface area contributed by atoms with Crippen LogP contribution in [0.5, 0.6) is 0 Å². The molecule has 2 aromatic heterocycles. The maximum absolute atomic E-state index is 14.6. The van der Waals surface area contributed by atoms with Crippen molar-refractivity contribution in [3.63, 3.8) is 0 Å². The molecule has 0 bridgehead atoms. The molecule has 0 aliphatic carbocycles. The molecule has 1 fully saturated rings. The van der Waals surface area contributed by atoms with Crippen molar-refractivity contribution in [3.8, 4) is 0 Å². The predicted octanol–water partition coefficient (Wildman–Crippen LogP) is 3.70. The summed E-state index contributed by atoms with van der Waals surface area (Å²) in [5, 5.41) is 7.82. The minimum atomic E-state index is -2.94. The van der Waals surface area contributed by atoms with Gasteiger partial charge in [-0.1, -0.05) is 18.2 Å². The van der Waals surface area contributed by atoms with E-state index in [0.717, 1.165) is 23.6 Å². The lowest BCUT2D eigenvalue weighted by Gasteiger charge is -2.25. The van der Waals surface area contributed by atoms with E-state index in [-0.39, 0.29) is 28.4 Å². The summed E-state index contributed by atoms with van der Waals surface area (Å²) in [6, 6.07) is 4.18. The molecule has 1 N–H and O–H groups in total. The summed E-state index contributed by atoms with van der Waals surface area (Å²) in [5.74, 6) is -0.755. The molecule has 0 spiro atoms. The molecule has 2 atom stereocenters. The molecule has 7 nitrogen and oxygen atoms in total. The smallest absolute Gasteiger partial charge is 0.274 e. The van der Waals surface area contributed by atoms with Crippen molar-refractivity contribution in [1.29, 1.82) is 0 Å². The van der Waals surface area contributed by atoms with Crippen LogP contribution in [-0.2, 0) is 11.8 Å². The summed E-state index contributed by atoms with van der Waals surface area (Å²) in [6.07, 6.45) is 0.193. The first-order chi connectivity index (χ1) is 15.3. The molecule has 1 aromatic carbocycles. The highest BCUT2D eigenvalue weighted by atomic mass is 19.3. The van der Waals surface area contributed by atoms with E-state index in [9.17, 15) is 22.8 Å². The predicted molar refractivity (Wildman–Crippen MR) is 114 cm³/mol. The molecule has 3 heterocycles. The molecule has 4 rings (SSSR count). The van der Waals surface area contributed by atoms with Gasteiger partial charge < -0.3 is 14.6 Å². The van der Waals surface area contributed by atoms with Gasteiger partial charge in [0.2, 0.25) is 0 Å². The minimum Gasteiger partial charge on any atom is -0.379 e. The summed E-state index contributed by atoms with van der Waals surface area (Å²) in [4.78, 5) is 25.3. The highest BCUT2D eigenvalue weighted by molar-refractivity contribution is 5.90. The number of alkyl halides is 2. The number of fused-ring (bicyclic) bond motifs is 1. The summed E-state index contributed by atoms with van der Waals surface area (Å²) in [7, 11) is 1.44. The number of rotatable bonds is 5. The van der Waals surface area contributed by atoms with Crippen LogP contribution in [0.3, 0.4) is 0 Å². The van der Waals surface area contributed by atoms with Gasteiger partial charge in [0.15, 0.2) is 5.82 Å². The Morgan fingerprint density at radius 1 is 1.22 bits per heavy atom. The van der Waals surface area contributed by atoms with Gasteiger partial charge in [-0.15, -0.1) is 0 Å². The Bertz CT molecular complexity index is 1270. The van der Waals surface area contributed by atoms with Gasteiger partial charge in [0.05, 0.1) is 29.6 Å². The van der Waals surface area contributed by atoms with Gasteiger partial charge in [-0.2, -0.15) is 5.10 Å². The van der Waals surface area contributed by atoms with Crippen molar-refractivity contribution in [3.05, 3.63) is 68.1 Å². The number of hydrogen-bond donors (Lipinski definition) is 1. The second-order valence-electron chi connectivity index (χ2n) is 7.91. The maximum Gasteiger partial charge on any atom is 0.274 e. The van der Waals surface area contributed by atoms with E-state index in [2.05, 4.69) is 10.4 Å². The van der Waals surface area contributed by atoms with Gasteiger partial charge in [0, 0.05) is 36.9 Å². The Balaban J connectivity index is 1.80. The number of aryl methyl sites for hydroxylation is 1. The molecule has 170 valence electrons. The zero-order valence-electron chi connectivity index (χ0n) is 17.6. The first kappa shape index (κ1) is 22.1. The molecule has 1 aliphatic rings. The fourth-order valence-electron chi connectivity index (χ4n) is 4.03. The highest BCUT2D eigenvalue weighted by Gasteiger charge is 2.22. The summed E-state index contributed by atoms with van der Waals surface area (Å²) < 4.78 is 48.9. The van der Waals surface area contributed by atoms with E-state index in [4.69, 9.17) is 4.74 Å². The lowest BCUT2D eigenvalue weighted by molar-refractivity contribution is 0.0581. The van der Waals surface area contributed by atoms with E-state index < -0.39 is 29.4 Å². The number of pyridine rings is 1. The lowest BCUT2D eigenvalue weighted by atomic mass is 10.0. The fraction of sp³-hybridized carbons (Fsp3) is 0.409. The fourth-order valence-corrected chi connectivity index (χ4v) is 4.03. The van der Waals surface area contributed by atoms with Gasteiger partial charge in [-0.25, -0.2) is 17.9 Å². The van der Waals surface area contributed by atoms with Crippen LogP contribution < -0.4 is 16.4 Å². The van der Waals surface area contributed by atoms with Crippen LogP contribution in [0.25, 0.3) is 10.8 Å². The second-order valence-corrected chi connectivity index (χ2v) is 7.91. The third-order valence-corrected chi connectivity index (χ3v) is 5.75. The maximum atomic E-state index is 14.6. The van der Waals surface area contributed by atoms with E-state index in [1.807, 2.05) is 0 Å². The van der Waals surface area contributed by atoms with Gasteiger partial charge in [0.25, 0.3) is 17.5 Å². The van der Waals surface area contributed by atoms with Crippen LogP contribution in [0.2, 0.25) is 0 Å². The molecular weight excluding hydrogens is 425 g/mol. The van der Waals surface area contributed by atoms with E-state index in [0.29, 0.717) is 18.6 Å². The van der Waals surface area contributed by atoms with Crippen LogP contribution in [-0.4, -0.2) is 27.6 Å². The first-order valence-electron chi connectivity index (χ1n) is 10.3. The van der Waals surface area contributed by atoms with Crippen LogP contribution >= 0.6 is 0 Å². The number of aromatic nitrogens is 3. The van der Waals surface area contributed by atoms with Gasteiger partial charge in [-0.3, -0.25) is 9.59 Å². The van der Waals surface area contributed by atoms with Crippen molar-refractivity contribution >= 4 is 16.6 Å². The molecule has 0 radical (unpaired) electrons.